The van der Waals surface area contributed by atoms with Crippen LogP contribution in [-0.2, 0) is 24.1 Å². The molecule has 0 aliphatic carbocycles. The van der Waals surface area contributed by atoms with Crippen LogP contribution in [0.25, 0.3) is 6.08 Å². The summed E-state index contributed by atoms with van der Waals surface area (Å²) in [5.41, 5.74) is 6.39. The average Bonchev–Trinajstić information content (AvgIpc) is 3.00. The van der Waals surface area contributed by atoms with Crippen molar-refractivity contribution in [3.05, 3.63) is 69.6 Å². The molecule has 0 radical (unpaired) electrons. The Balaban J connectivity index is 1.37. The lowest BCUT2D eigenvalue weighted by Crippen LogP contribution is -2.34. The number of nitrogens with zero attached hydrogens (tertiary/aromatic N) is 2. The van der Waals surface area contributed by atoms with Crippen molar-refractivity contribution in [3.8, 4) is 0 Å². The fourth-order valence-electron chi connectivity index (χ4n) is 4.64. The molecule has 0 atom stereocenters. The van der Waals surface area contributed by atoms with E-state index in [2.05, 4.69) is 17.0 Å². The molecule has 0 saturated carbocycles. The summed E-state index contributed by atoms with van der Waals surface area (Å²) in [7, 11) is 0. The minimum atomic E-state index is -0.164. The van der Waals surface area contributed by atoms with Gasteiger partial charge in [0, 0.05) is 25.3 Å². The highest BCUT2D eigenvalue weighted by Gasteiger charge is 2.35. The monoisotopic (exact) mass is 404 g/mol. The van der Waals surface area contributed by atoms with Crippen LogP contribution in [0.2, 0.25) is 0 Å². The number of rotatable bonds is 4. The van der Waals surface area contributed by atoms with E-state index in [1.54, 1.807) is 0 Å². The Bertz CT molecular complexity index is 968. The topological polar surface area (TPSA) is 40.6 Å². The maximum absolute atomic E-state index is 12.9. The van der Waals surface area contributed by atoms with Gasteiger partial charge in [-0.2, -0.15) is 0 Å². The molecule has 0 unspecified atom stereocenters. The third-order valence-corrected chi connectivity index (χ3v) is 6.90. The molecule has 29 heavy (non-hydrogen) atoms. The lowest BCUT2D eigenvalue weighted by molar-refractivity contribution is -0.122. The molecule has 0 N–H and O–H groups in total. The number of carbonyl (C=O) groups excluding carboxylic acids is 2. The number of anilines is 1. The van der Waals surface area contributed by atoms with Crippen LogP contribution in [0.15, 0.2) is 47.4 Å². The highest BCUT2D eigenvalue weighted by Crippen LogP contribution is 2.38. The molecule has 5 rings (SSSR count). The van der Waals surface area contributed by atoms with Gasteiger partial charge in [0.05, 0.1) is 4.91 Å². The van der Waals surface area contributed by atoms with Crippen molar-refractivity contribution in [2.45, 2.75) is 32.1 Å². The maximum atomic E-state index is 12.9. The van der Waals surface area contributed by atoms with Gasteiger partial charge in [0.1, 0.15) is 0 Å². The summed E-state index contributed by atoms with van der Waals surface area (Å²) in [6.07, 6.45) is 7.17. The van der Waals surface area contributed by atoms with E-state index in [0.29, 0.717) is 17.9 Å². The third-order valence-electron chi connectivity index (χ3n) is 5.99. The first-order valence-electron chi connectivity index (χ1n) is 10.4. The van der Waals surface area contributed by atoms with Gasteiger partial charge in [0.25, 0.3) is 11.1 Å². The number of carbonyl (C=O) groups is 2. The fourth-order valence-corrected chi connectivity index (χ4v) is 5.51. The van der Waals surface area contributed by atoms with E-state index in [-0.39, 0.29) is 11.1 Å². The van der Waals surface area contributed by atoms with Crippen molar-refractivity contribution >= 4 is 34.7 Å². The van der Waals surface area contributed by atoms with Crippen molar-refractivity contribution in [2.75, 3.05) is 24.5 Å². The predicted octanol–water partition coefficient (Wildman–Crippen LogP) is 4.66. The molecule has 4 nitrogen and oxygen atoms in total. The molecule has 1 saturated heterocycles. The van der Waals surface area contributed by atoms with Crippen LogP contribution >= 0.6 is 11.8 Å². The summed E-state index contributed by atoms with van der Waals surface area (Å²) >= 11 is 1.07. The molecule has 0 spiro atoms. The first-order chi connectivity index (χ1) is 14.2. The molecule has 0 bridgehead atoms. The molecule has 3 aliphatic rings. The van der Waals surface area contributed by atoms with Crippen LogP contribution < -0.4 is 4.90 Å². The molecule has 5 heteroatoms. The highest BCUT2D eigenvalue weighted by atomic mass is 32.2. The summed E-state index contributed by atoms with van der Waals surface area (Å²) in [6, 6.07) is 14.4. The maximum Gasteiger partial charge on any atom is 0.293 e. The predicted molar refractivity (Wildman–Crippen MR) is 118 cm³/mol. The molecule has 148 valence electrons. The zero-order chi connectivity index (χ0) is 19.8. The van der Waals surface area contributed by atoms with Gasteiger partial charge < -0.3 is 4.90 Å². The number of benzene rings is 2. The lowest BCUT2D eigenvalue weighted by atomic mass is 9.90. The largest absolute Gasteiger partial charge is 0.371 e. The van der Waals surface area contributed by atoms with Crippen LogP contribution in [0.1, 0.15) is 35.1 Å². The van der Waals surface area contributed by atoms with Gasteiger partial charge >= 0.3 is 0 Å². The molecular weight excluding hydrogens is 380 g/mol. The van der Waals surface area contributed by atoms with E-state index in [1.807, 2.05) is 36.4 Å². The zero-order valence-electron chi connectivity index (χ0n) is 16.4. The van der Waals surface area contributed by atoms with Crippen LogP contribution in [0, 0.1) is 0 Å². The van der Waals surface area contributed by atoms with E-state index in [1.165, 1.54) is 34.6 Å². The van der Waals surface area contributed by atoms with Gasteiger partial charge in [-0.05, 0) is 84.3 Å². The first kappa shape index (κ1) is 18.5. The van der Waals surface area contributed by atoms with Crippen LogP contribution in [-0.4, -0.2) is 35.7 Å². The van der Waals surface area contributed by atoms with Crippen molar-refractivity contribution in [3.63, 3.8) is 0 Å². The number of thioether (sulfide) groups is 1. The van der Waals surface area contributed by atoms with Crippen molar-refractivity contribution < 1.29 is 9.59 Å². The van der Waals surface area contributed by atoms with E-state index >= 15 is 0 Å². The Hall–Kier alpha value is -2.53. The van der Waals surface area contributed by atoms with Crippen molar-refractivity contribution in [2.24, 2.45) is 0 Å². The Morgan fingerprint density at radius 3 is 2.34 bits per heavy atom. The molecule has 0 aromatic heterocycles. The van der Waals surface area contributed by atoms with Crippen LogP contribution in [0.4, 0.5) is 10.5 Å². The summed E-state index contributed by atoms with van der Waals surface area (Å²) < 4.78 is 0. The second-order valence-corrected chi connectivity index (χ2v) is 8.94. The third kappa shape index (κ3) is 3.60. The first-order valence-corrected chi connectivity index (χ1v) is 11.2. The summed E-state index contributed by atoms with van der Waals surface area (Å²) in [4.78, 5) is 29.7. The number of hydrogen-bond acceptors (Lipinski definition) is 4. The molecule has 1 fully saturated rings. The van der Waals surface area contributed by atoms with Gasteiger partial charge in [-0.15, -0.1) is 0 Å². The van der Waals surface area contributed by atoms with Gasteiger partial charge in [0.15, 0.2) is 0 Å². The quantitative estimate of drug-likeness (QED) is 0.695. The molecule has 3 aliphatic heterocycles. The number of amides is 2. The smallest absolute Gasteiger partial charge is 0.293 e. The molecule has 2 aromatic carbocycles. The second kappa shape index (κ2) is 7.71. The standard InChI is InChI=1S/C24H24N2O2S/c27-23-21(29-24(28)26(23)13-10-17-6-2-1-3-7-17)16-18-14-19-8-4-11-25-12-5-9-20(15-18)22(19)25/h1-3,6-7,14-16H,4-5,8-13H2/b21-16+. The molecule has 2 amide bonds. The number of imide groups is 1. The van der Waals surface area contributed by atoms with Crippen molar-refractivity contribution in [1.29, 1.82) is 0 Å². The van der Waals surface area contributed by atoms with Gasteiger partial charge in [-0.3, -0.25) is 14.5 Å². The molecular formula is C24H24N2O2S. The van der Waals surface area contributed by atoms with E-state index in [4.69, 9.17) is 0 Å². The van der Waals surface area contributed by atoms with E-state index in [9.17, 15) is 9.59 Å². The van der Waals surface area contributed by atoms with Gasteiger partial charge in [0.2, 0.25) is 0 Å². The highest BCUT2D eigenvalue weighted by molar-refractivity contribution is 8.18. The second-order valence-electron chi connectivity index (χ2n) is 7.95. The SMILES string of the molecule is O=C1S/C(=C/c2cc3c4c(c2)CCCN4CCC3)C(=O)N1CCc1ccccc1. The summed E-state index contributed by atoms with van der Waals surface area (Å²) in [6.45, 7) is 2.73. The minimum absolute atomic E-state index is 0.163. The average molecular weight is 405 g/mol. The zero-order valence-corrected chi connectivity index (χ0v) is 17.2. The van der Waals surface area contributed by atoms with E-state index < -0.39 is 0 Å². The Labute approximate surface area is 175 Å². The lowest BCUT2D eigenvalue weighted by Gasteiger charge is -2.37. The van der Waals surface area contributed by atoms with Gasteiger partial charge in [-0.25, -0.2) is 0 Å². The molecule has 2 aromatic rings. The Morgan fingerprint density at radius 1 is 0.966 bits per heavy atom. The molecule has 3 heterocycles. The van der Waals surface area contributed by atoms with Gasteiger partial charge in [-0.1, -0.05) is 30.3 Å². The normalized spacial score (nSPS) is 19.8. The van der Waals surface area contributed by atoms with Crippen LogP contribution in [0.3, 0.4) is 0 Å². The fraction of sp³-hybridized carbons (Fsp3) is 0.333. The summed E-state index contributed by atoms with van der Waals surface area (Å²) in [5, 5.41) is -0.164. The summed E-state index contributed by atoms with van der Waals surface area (Å²) in [5.74, 6) is -0.163. The number of hydrogen-bond donors (Lipinski definition) is 0. The minimum Gasteiger partial charge on any atom is -0.371 e. The Morgan fingerprint density at radius 2 is 1.66 bits per heavy atom. The Kier molecular flexibility index (Phi) is 4.92. The number of aryl methyl sites for hydroxylation is 2. The van der Waals surface area contributed by atoms with Crippen LogP contribution in [0.5, 0.6) is 0 Å². The van der Waals surface area contributed by atoms with E-state index in [0.717, 1.165) is 48.8 Å². The van der Waals surface area contributed by atoms with Crippen molar-refractivity contribution in [1.82, 2.24) is 4.90 Å².